The van der Waals surface area contributed by atoms with E-state index in [4.69, 9.17) is 0 Å². The molecule has 118 valence electrons. The number of carbonyl (C=O) groups excluding carboxylic acids is 2. The number of hydrogen-bond donors (Lipinski definition) is 0. The van der Waals surface area contributed by atoms with E-state index in [1.807, 2.05) is 0 Å². The summed E-state index contributed by atoms with van der Waals surface area (Å²) in [5, 5.41) is 0. The van der Waals surface area contributed by atoms with Crippen LogP contribution in [0.2, 0.25) is 0 Å². The van der Waals surface area contributed by atoms with Gasteiger partial charge in [-0.2, -0.15) is 0 Å². The van der Waals surface area contributed by atoms with Crippen molar-refractivity contribution in [2.24, 2.45) is 22.7 Å². The summed E-state index contributed by atoms with van der Waals surface area (Å²) in [7, 11) is 0. The van der Waals surface area contributed by atoms with E-state index in [0.29, 0.717) is 6.42 Å². The molecule has 0 saturated carbocycles. The first-order valence-corrected chi connectivity index (χ1v) is 7.97. The molecule has 0 N–H and O–H groups in total. The highest BCUT2D eigenvalue weighted by Crippen LogP contribution is 2.35. The van der Waals surface area contributed by atoms with Crippen molar-refractivity contribution in [3.05, 3.63) is 0 Å². The molecule has 0 heterocycles. The van der Waals surface area contributed by atoms with E-state index in [-0.39, 0.29) is 34.2 Å². The molecule has 2 heteroatoms. The van der Waals surface area contributed by atoms with Crippen LogP contribution in [-0.2, 0) is 9.59 Å². The molecule has 0 rings (SSSR count). The Morgan fingerprint density at radius 3 is 1.80 bits per heavy atom. The number of rotatable bonds is 8. The summed E-state index contributed by atoms with van der Waals surface area (Å²) in [6, 6.07) is 0. The molecule has 2 atom stereocenters. The summed E-state index contributed by atoms with van der Waals surface area (Å²) in [6.45, 7) is 16.5. The number of hydrogen-bond acceptors (Lipinski definition) is 2. The fourth-order valence-corrected chi connectivity index (χ4v) is 2.88. The third-order valence-electron chi connectivity index (χ3n) is 4.62. The Kier molecular flexibility index (Phi) is 7.13. The van der Waals surface area contributed by atoms with Gasteiger partial charge in [-0.05, 0) is 30.6 Å². The lowest BCUT2D eigenvalue weighted by Crippen LogP contribution is -2.32. The van der Waals surface area contributed by atoms with Crippen LogP contribution in [0.15, 0.2) is 0 Å². The molecule has 0 radical (unpaired) electrons. The average molecular weight is 282 g/mol. The molecule has 0 bridgehead atoms. The van der Waals surface area contributed by atoms with Gasteiger partial charge in [0, 0.05) is 18.3 Å². The van der Waals surface area contributed by atoms with Gasteiger partial charge in [0.25, 0.3) is 0 Å². The fraction of sp³-hybridized carbons (Fsp3) is 0.889. The van der Waals surface area contributed by atoms with Crippen LogP contribution in [0.1, 0.15) is 81.1 Å². The molecule has 0 aromatic heterocycles. The normalized spacial score (nSPS) is 15.8. The molecule has 2 nitrogen and oxygen atoms in total. The summed E-state index contributed by atoms with van der Waals surface area (Å²) in [4.78, 5) is 24.4. The number of carbonyl (C=O) groups is 2. The maximum atomic E-state index is 12.6. The molecular weight excluding hydrogens is 248 g/mol. The Hall–Kier alpha value is -0.660. The Morgan fingerprint density at radius 2 is 1.50 bits per heavy atom. The summed E-state index contributed by atoms with van der Waals surface area (Å²) < 4.78 is 0. The van der Waals surface area contributed by atoms with E-state index in [2.05, 4.69) is 48.5 Å². The first-order chi connectivity index (χ1) is 8.94. The lowest BCUT2D eigenvalue weighted by molar-refractivity contribution is -0.132. The first kappa shape index (κ1) is 19.3. The van der Waals surface area contributed by atoms with Crippen LogP contribution in [0, 0.1) is 22.7 Å². The highest BCUT2D eigenvalue weighted by Gasteiger charge is 2.33. The first-order valence-electron chi connectivity index (χ1n) is 7.97. The third kappa shape index (κ3) is 6.19. The van der Waals surface area contributed by atoms with E-state index in [9.17, 15) is 9.59 Å². The van der Waals surface area contributed by atoms with E-state index in [0.717, 1.165) is 19.3 Å². The average Bonchev–Trinajstić information content (AvgIpc) is 2.26. The van der Waals surface area contributed by atoms with Crippen molar-refractivity contribution in [3.63, 3.8) is 0 Å². The second-order valence-electron chi connectivity index (χ2n) is 8.03. The smallest absolute Gasteiger partial charge is 0.137 e. The number of Topliss-reactive ketones (excluding diaryl/α,β-unsaturated/α-hetero) is 2. The highest BCUT2D eigenvalue weighted by atomic mass is 16.1. The molecule has 0 amide bonds. The molecule has 20 heavy (non-hydrogen) atoms. The van der Waals surface area contributed by atoms with Gasteiger partial charge >= 0.3 is 0 Å². The molecule has 0 aromatic carbocycles. The van der Waals surface area contributed by atoms with Crippen LogP contribution in [0.25, 0.3) is 0 Å². The van der Waals surface area contributed by atoms with Gasteiger partial charge in [-0.3, -0.25) is 9.59 Å². The maximum absolute atomic E-state index is 12.6. The largest absolute Gasteiger partial charge is 0.300 e. The van der Waals surface area contributed by atoms with E-state index < -0.39 is 0 Å². The minimum Gasteiger partial charge on any atom is -0.300 e. The Morgan fingerprint density at radius 1 is 1.00 bits per heavy atom. The van der Waals surface area contributed by atoms with E-state index in [1.54, 1.807) is 6.92 Å². The van der Waals surface area contributed by atoms with Crippen molar-refractivity contribution in [2.75, 3.05) is 0 Å². The molecular formula is C18H34O2. The van der Waals surface area contributed by atoms with Crippen LogP contribution in [-0.4, -0.2) is 11.6 Å². The minimum atomic E-state index is -0.117. The molecule has 0 fully saturated rings. The summed E-state index contributed by atoms with van der Waals surface area (Å²) in [5.41, 5.74) is 0.105. The van der Waals surface area contributed by atoms with Crippen molar-refractivity contribution in [3.8, 4) is 0 Å². The second kappa shape index (κ2) is 7.38. The lowest BCUT2D eigenvalue weighted by atomic mass is 9.72. The van der Waals surface area contributed by atoms with Crippen LogP contribution < -0.4 is 0 Å². The SMILES string of the molecule is CC[C@H](C(=O)CC(CC(C)(C)CC)C(C)=O)C(C)(C)C. The van der Waals surface area contributed by atoms with Gasteiger partial charge < -0.3 is 0 Å². The molecule has 0 spiro atoms. The van der Waals surface area contributed by atoms with Crippen molar-refractivity contribution >= 4 is 11.6 Å². The van der Waals surface area contributed by atoms with Crippen molar-refractivity contribution < 1.29 is 9.59 Å². The summed E-state index contributed by atoms with van der Waals surface area (Å²) in [6.07, 6.45) is 3.10. The monoisotopic (exact) mass is 282 g/mol. The standard InChI is InChI=1S/C18H34O2/c1-9-15(17(4,5)6)16(20)11-14(13(3)19)12-18(7,8)10-2/h14-15H,9-12H2,1-8H3/t14?,15-/m1/s1. The zero-order chi connectivity index (χ0) is 16.1. The minimum absolute atomic E-state index is 0.0204. The van der Waals surface area contributed by atoms with Gasteiger partial charge in [-0.15, -0.1) is 0 Å². The van der Waals surface area contributed by atoms with Crippen molar-refractivity contribution in [1.29, 1.82) is 0 Å². The van der Waals surface area contributed by atoms with Crippen LogP contribution in [0.4, 0.5) is 0 Å². The van der Waals surface area contributed by atoms with Crippen molar-refractivity contribution in [2.45, 2.75) is 81.1 Å². The zero-order valence-corrected chi connectivity index (χ0v) is 14.8. The third-order valence-corrected chi connectivity index (χ3v) is 4.62. The Bertz CT molecular complexity index is 334. The summed E-state index contributed by atoms with van der Waals surface area (Å²) in [5.74, 6) is 0.346. The number of ketones is 2. The predicted octanol–water partition coefficient (Wildman–Crippen LogP) is 5.05. The van der Waals surface area contributed by atoms with Crippen LogP contribution in [0.3, 0.4) is 0 Å². The van der Waals surface area contributed by atoms with E-state index >= 15 is 0 Å². The van der Waals surface area contributed by atoms with Crippen LogP contribution in [0.5, 0.6) is 0 Å². The van der Waals surface area contributed by atoms with Gasteiger partial charge in [0.1, 0.15) is 11.6 Å². The fourth-order valence-electron chi connectivity index (χ4n) is 2.88. The molecule has 1 unspecified atom stereocenters. The van der Waals surface area contributed by atoms with Gasteiger partial charge in [-0.1, -0.05) is 54.9 Å². The van der Waals surface area contributed by atoms with Crippen molar-refractivity contribution in [1.82, 2.24) is 0 Å². The topological polar surface area (TPSA) is 34.1 Å². The predicted molar refractivity (Wildman–Crippen MR) is 85.7 cm³/mol. The lowest BCUT2D eigenvalue weighted by Gasteiger charge is -2.31. The second-order valence-corrected chi connectivity index (χ2v) is 8.03. The Labute approximate surface area is 125 Å². The van der Waals surface area contributed by atoms with Gasteiger partial charge in [0.2, 0.25) is 0 Å². The van der Waals surface area contributed by atoms with Gasteiger partial charge in [0.05, 0.1) is 0 Å². The van der Waals surface area contributed by atoms with Gasteiger partial charge in [-0.25, -0.2) is 0 Å². The maximum Gasteiger partial charge on any atom is 0.137 e. The van der Waals surface area contributed by atoms with Crippen LogP contribution >= 0.6 is 0 Å². The van der Waals surface area contributed by atoms with Gasteiger partial charge in [0.15, 0.2) is 0 Å². The van der Waals surface area contributed by atoms with E-state index in [1.165, 1.54) is 0 Å². The molecule has 0 aromatic rings. The molecule has 0 saturated heterocycles. The Balaban J connectivity index is 4.93. The quantitative estimate of drug-likeness (QED) is 0.624. The highest BCUT2D eigenvalue weighted by molar-refractivity contribution is 5.88. The summed E-state index contributed by atoms with van der Waals surface area (Å²) >= 11 is 0. The zero-order valence-electron chi connectivity index (χ0n) is 14.8. The molecule has 0 aliphatic rings. The molecule has 0 aliphatic heterocycles. The molecule has 0 aliphatic carbocycles.